The summed E-state index contributed by atoms with van der Waals surface area (Å²) in [5, 5.41) is 10.5. The van der Waals surface area contributed by atoms with E-state index in [1.54, 1.807) is 0 Å². The van der Waals surface area contributed by atoms with E-state index in [4.69, 9.17) is 12.2 Å². The fourth-order valence-electron chi connectivity index (χ4n) is 3.97. The summed E-state index contributed by atoms with van der Waals surface area (Å²) < 4.78 is 0.134. The molecule has 1 aromatic carbocycles. The van der Waals surface area contributed by atoms with Crippen molar-refractivity contribution >= 4 is 12.2 Å². The maximum absolute atomic E-state index is 12.6. The van der Waals surface area contributed by atoms with Crippen molar-refractivity contribution in [3.8, 4) is 5.88 Å². The van der Waals surface area contributed by atoms with Crippen molar-refractivity contribution in [2.45, 2.75) is 33.2 Å². The predicted octanol–water partition coefficient (Wildman–Crippen LogP) is 3.51. The molecule has 1 aliphatic heterocycles. The first kappa shape index (κ1) is 17.9. The molecule has 0 radical (unpaired) electrons. The van der Waals surface area contributed by atoms with Crippen LogP contribution in [0.4, 0.5) is 0 Å². The van der Waals surface area contributed by atoms with Crippen molar-refractivity contribution in [3.05, 3.63) is 56.1 Å². The highest BCUT2D eigenvalue weighted by molar-refractivity contribution is 7.71. The summed E-state index contributed by atoms with van der Waals surface area (Å²) in [4.78, 5) is 20.2. The molecule has 2 aromatic rings. The fourth-order valence-corrected chi connectivity index (χ4v) is 4.16. The minimum Gasteiger partial charge on any atom is -0.494 e. The van der Waals surface area contributed by atoms with Gasteiger partial charge in [0.2, 0.25) is 5.88 Å². The van der Waals surface area contributed by atoms with E-state index < -0.39 is 0 Å². The van der Waals surface area contributed by atoms with Gasteiger partial charge in [-0.3, -0.25) is 14.7 Å². The molecule has 25 heavy (non-hydrogen) atoms. The number of aryl methyl sites for hydroxylation is 1. The lowest BCUT2D eigenvalue weighted by Crippen LogP contribution is -2.43. The second-order valence-corrected chi connectivity index (χ2v) is 7.79. The van der Waals surface area contributed by atoms with E-state index in [0.29, 0.717) is 17.4 Å². The third-order valence-corrected chi connectivity index (χ3v) is 5.09. The van der Waals surface area contributed by atoms with Gasteiger partial charge in [0.25, 0.3) is 5.56 Å². The molecule has 134 valence electrons. The maximum atomic E-state index is 12.6. The van der Waals surface area contributed by atoms with Gasteiger partial charge in [0.1, 0.15) is 0 Å². The van der Waals surface area contributed by atoms with Gasteiger partial charge in [-0.1, -0.05) is 43.7 Å². The molecule has 0 unspecified atom stereocenters. The summed E-state index contributed by atoms with van der Waals surface area (Å²) in [5.74, 6) is 0.936. The van der Waals surface area contributed by atoms with Crippen LogP contribution in [0.1, 0.15) is 43.0 Å². The standard InChI is InChI=1S/C19H25N3O2S/c1-11-4-6-14(7-5-11)16(22-9-12(2)8-13(3)10-22)15-17(23)20-19(25)21-18(15)24/h4-7,12-13,16H,8-10H2,1-3H3,(H3,20,21,23,24,25)/t12-,13+,16-/m0/s1. The SMILES string of the molecule is Cc1ccc([C@@H](c2c(O)[nH]c(=S)[nH]c2=O)N2C[C@H](C)C[C@H](C)C2)cc1. The van der Waals surface area contributed by atoms with E-state index in [2.05, 4.69) is 28.7 Å². The molecule has 0 bridgehead atoms. The van der Waals surface area contributed by atoms with Crippen molar-refractivity contribution in [3.63, 3.8) is 0 Å². The molecule has 0 saturated carbocycles. The van der Waals surface area contributed by atoms with Crippen LogP contribution in [0.3, 0.4) is 0 Å². The van der Waals surface area contributed by atoms with Crippen molar-refractivity contribution in [1.29, 1.82) is 0 Å². The van der Waals surface area contributed by atoms with E-state index in [-0.39, 0.29) is 22.3 Å². The average molecular weight is 359 g/mol. The Balaban J connectivity index is 2.14. The zero-order valence-corrected chi connectivity index (χ0v) is 15.7. The lowest BCUT2D eigenvalue weighted by Gasteiger charge is -2.40. The third kappa shape index (κ3) is 3.85. The molecule has 1 saturated heterocycles. The van der Waals surface area contributed by atoms with Crippen LogP contribution in [0.25, 0.3) is 0 Å². The highest BCUT2D eigenvalue weighted by atomic mass is 32.1. The zero-order chi connectivity index (χ0) is 18.1. The second kappa shape index (κ2) is 7.14. The van der Waals surface area contributed by atoms with Gasteiger partial charge in [0.05, 0.1) is 11.6 Å². The smallest absolute Gasteiger partial charge is 0.260 e. The van der Waals surface area contributed by atoms with Crippen LogP contribution in [0.5, 0.6) is 5.88 Å². The molecule has 0 aliphatic carbocycles. The van der Waals surface area contributed by atoms with E-state index in [1.807, 2.05) is 31.2 Å². The Kier molecular flexibility index (Phi) is 5.11. The average Bonchev–Trinajstić information content (AvgIpc) is 2.51. The molecule has 3 rings (SSSR count). The number of piperidine rings is 1. The molecule has 3 atom stereocenters. The number of rotatable bonds is 3. The van der Waals surface area contributed by atoms with Crippen molar-refractivity contribution < 1.29 is 5.11 Å². The molecule has 1 aliphatic rings. The number of nitrogens with one attached hydrogen (secondary N) is 2. The summed E-state index contributed by atoms with van der Waals surface area (Å²) >= 11 is 4.98. The highest BCUT2D eigenvalue weighted by Crippen LogP contribution is 2.35. The molecule has 1 aromatic heterocycles. The Labute approximate surface area is 152 Å². The number of aromatic hydroxyl groups is 1. The minimum absolute atomic E-state index is 0.134. The van der Waals surface area contributed by atoms with E-state index >= 15 is 0 Å². The van der Waals surface area contributed by atoms with Gasteiger partial charge in [-0.05, 0) is 43.0 Å². The molecule has 5 nitrogen and oxygen atoms in total. The van der Waals surface area contributed by atoms with Crippen LogP contribution < -0.4 is 5.56 Å². The number of benzene rings is 1. The summed E-state index contributed by atoms with van der Waals surface area (Å²) in [6, 6.07) is 7.83. The van der Waals surface area contributed by atoms with E-state index in [9.17, 15) is 9.90 Å². The first-order valence-electron chi connectivity index (χ1n) is 8.71. The van der Waals surface area contributed by atoms with Crippen molar-refractivity contribution in [2.24, 2.45) is 11.8 Å². The Bertz CT molecular complexity index is 846. The summed E-state index contributed by atoms with van der Waals surface area (Å²) in [5.41, 5.74) is 2.16. The lowest BCUT2D eigenvalue weighted by molar-refractivity contribution is 0.109. The van der Waals surface area contributed by atoms with Crippen LogP contribution in [-0.2, 0) is 0 Å². The molecule has 0 amide bonds. The predicted molar refractivity (Wildman–Crippen MR) is 101 cm³/mol. The van der Waals surface area contributed by atoms with E-state index in [0.717, 1.165) is 24.2 Å². The van der Waals surface area contributed by atoms with Gasteiger partial charge >= 0.3 is 0 Å². The van der Waals surface area contributed by atoms with Gasteiger partial charge < -0.3 is 10.1 Å². The maximum Gasteiger partial charge on any atom is 0.260 e. The number of nitrogens with zero attached hydrogens (tertiary/aromatic N) is 1. The largest absolute Gasteiger partial charge is 0.494 e. The Morgan fingerprint density at radius 3 is 2.32 bits per heavy atom. The zero-order valence-electron chi connectivity index (χ0n) is 14.9. The molecule has 6 heteroatoms. The molecular weight excluding hydrogens is 334 g/mol. The first-order chi connectivity index (χ1) is 11.8. The van der Waals surface area contributed by atoms with Gasteiger partial charge in [-0.15, -0.1) is 0 Å². The van der Waals surface area contributed by atoms with Crippen LogP contribution in [0.2, 0.25) is 0 Å². The number of aromatic nitrogens is 2. The lowest BCUT2D eigenvalue weighted by atomic mass is 9.88. The summed E-state index contributed by atoms with van der Waals surface area (Å²) in [7, 11) is 0. The monoisotopic (exact) mass is 359 g/mol. The Morgan fingerprint density at radius 1 is 1.16 bits per heavy atom. The van der Waals surface area contributed by atoms with Gasteiger partial charge in [-0.2, -0.15) is 0 Å². The number of hydrogen-bond acceptors (Lipinski definition) is 4. The van der Waals surface area contributed by atoms with Gasteiger partial charge in [0, 0.05) is 13.1 Å². The fraction of sp³-hybridized carbons (Fsp3) is 0.474. The minimum atomic E-state index is -0.335. The number of likely N-dealkylation sites (tertiary alicyclic amines) is 1. The number of H-pyrrole nitrogens is 2. The highest BCUT2D eigenvalue weighted by Gasteiger charge is 2.32. The topological polar surface area (TPSA) is 72.1 Å². The molecule has 3 N–H and O–H groups in total. The van der Waals surface area contributed by atoms with E-state index in [1.165, 1.54) is 6.42 Å². The molecular formula is C19H25N3O2S. The Morgan fingerprint density at radius 2 is 1.76 bits per heavy atom. The third-order valence-electron chi connectivity index (χ3n) is 4.89. The van der Waals surface area contributed by atoms with Crippen LogP contribution >= 0.6 is 12.2 Å². The quantitative estimate of drug-likeness (QED) is 0.733. The summed E-state index contributed by atoms with van der Waals surface area (Å²) in [6.07, 6.45) is 1.18. The molecule has 1 fully saturated rings. The van der Waals surface area contributed by atoms with Gasteiger partial charge in [-0.25, -0.2) is 0 Å². The summed E-state index contributed by atoms with van der Waals surface area (Å²) in [6.45, 7) is 8.28. The van der Waals surface area contributed by atoms with Crippen molar-refractivity contribution in [2.75, 3.05) is 13.1 Å². The number of hydrogen-bond donors (Lipinski definition) is 3. The number of aromatic amines is 2. The van der Waals surface area contributed by atoms with Crippen LogP contribution in [-0.4, -0.2) is 33.1 Å². The molecule has 2 heterocycles. The molecule has 0 spiro atoms. The first-order valence-corrected chi connectivity index (χ1v) is 9.12. The van der Waals surface area contributed by atoms with Crippen LogP contribution in [0.15, 0.2) is 29.1 Å². The van der Waals surface area contributed by atoms with Crippen molar-refractivity contribution in [1.82, 2.24) is 14.9 Å². The normalized spacial score (nSPS) is 22.7. The van der Waals surface area contributed by atoms with Crippen LogP contribution in [0, 0.1) is 23.5 Å². The Hall–Kier alpha value is -1.92. The van der Waals surface area contributed by atoms with Gasteiger partial charge in [0.15, 0.2) is 4.77 Å². The second-order valence-electron chi connectivity index (χ2n) is 7.38.